The average molecular weight is 184 g/mol. The molecule has 0 saturated carbocycles. The summed E-state index contributed by atoms with van der Waals surface area (Å²) in [5.74, 6) is 0. The molecule has 0 aromatic carbocycles. The summed E-state index contributed by atoms with van der Waals surface area (Å²) in [6.45, 7) is 8.11. The number of piperidine rings is 2. The molecule has 0 aliphatic carbocycles. The van der Waals surface area contributed by atoms with Crippen LogP contribution in [0.4, 0.5) is 0 Å². The van der Waals surface area contributed by atoms with Gasteiger partial charge in [-0.25, -0.2) is 0 Å². The Hall–Kier alpha value is -0.120. The van der Waals surface area contributed by atoms with Crippen LogP contribution in [0.15, 0.2) is 0 Å². The van der Waals surface area contributed by atoms with Gasteiger partial charge >= 0.3 is 0 Å². The van der Waals surface area contributed by atoms with Crippen molar-refractivity contribution in [1.29, 1.82) is 0 Å². The van der Waals surface area contributed by atoms with Crippen LogP contribution in [-0.2, 0) is 0 Å². The molecule has 2 bridgehead atoms. The molecule has 2 aliphatic rings. The van der Waals surface area contributed by atoms with Crippen LogP contribution in [0.5, 0.6) is 0 Å². The number of hydrogen-bond acceptors (Lipinski definition) is 3. The van der Waals surface area contributed by atoms with E-state index < -0.39 is 0 Å². The van der Waals surface area contributed by atoms with Crippen molar-refractivity contribution < 1.29 is 5.11 Å². The van der Waals surface area contributed by atoms with Crippen molar-refractivity contribution in [2.45, 2.75) is 26.4 Å². The lowest BCUT2D eigenvalue weighted by Crippen LogP contribution is -2.69. The highest BCUT2D eigenvalue weighted by molar-refractivity contribution is 5.07. The molecule has 0 aromatic heterocycles. The quantitative estimate of drug-likeness (QED) is 0.535. The van der Waals surface area contributed by atoms with E-state index in [1.165, 1.54) is 0 Å². The third-order valence-electron chi connectivity index (χ3n) is 3.96. The molecule has 13 heavy (non-hydrogen) atoms. The number of nitrogens with one attached hydrogen (secondary N) is 2. The maximum absolute atomic E-state index is 10.3. The van der Waals surface area contributed by atoms with Crippen LogP contribution in [0.25, 0.3) is 0 Å². The summed E-state index contributed by atoms with van der Waals surface area (Å²) < 4.78 is 0. The van der Waals surface area contributed by atoms with Crippen LogP contribution < -0.4 is 10.6 Å². The summed E-state index contributed by atoms with van der Waals surface area (Å²) >= 11 is 0. The largest absolute Gasteiger partial charge is 0.392 e. The van der Waals surface area contributed by atoms with E-state index >= 15 is 0 Å². The summed E-state index contributed by atoms with van der Waals surface area (Å²) in [4.78, 5) is 0. The second kappa shape index (κ2) is 2.94. The summed E-state index contributed by atoms with van der Waals surface area (Å²) in [7, 11) is 0. The molecular weight excluding hydrogens is 164 g/mol. The SMILES string of the molecule is CCC12CNCC(C)(CNC1)[C@H]2O. The van der Waals surface area contributed by atoms with E-state index in [9.17, 15) is 5.11 Å². The molecule has 2 fully saturated rings. The molecule has 2 heterocycles. The van der Waals surface area contributed by atoms with Crippen LogP contribution in [0, 0.1) is 10.8 Å². The fraction of sp³-hybridized carbons (Fsp3) is 1.00. The minimum absolute atomic E-state index is 0.0342. The Morgan fingerprint density at radius 1 is 1.23 bits per heavy atom. The monoisotopic (exact) mass is 184 g/mol. The molecule has 0 radical (unpaired) electrons. The van der Waals surface area contributed by atoms with Crippen LogP contribution in [0.1, 0.15) is 20.3 Å². The van der Waals surface area contributed by atoms with Crippen molar-refractivity contribution in [3.63, 3.8) is 0 Å². The third-order valence-corrected chi connectivity index (χ3v) is 3.96. The standard InChI is InChI=1S/C10H20N2O/c1-3-10-6-11-4-9(2,8(10)13)5-12-7-10/h8,11-13H,3-7H2,1-2H3/t8-,9?,10?/m1/s1. The van der Waals surface area contributed by atoms with Gasteiger partial charge in [0.2, 0.25) is 0 Å². The molecule has 1 atom stereocenters. The topological polar surface area (TPSA) is 44.3 Å². The van der Waals surface area contributed by atoms with Crippen LogP contribution in [0.2, 0.25) is 0 Å². The van der Waals surface area contributed by atoms with E-state index in [4.69, 9.17) is 0 Å². The average Bonchev–Trinajstić information content (AvgIpc) is 2.09. The van der Waals surface area contributed by atoms with Gasteiger partial charge in [0.15, 0.2) is 0 Å². The first-order valence-corrected chi connectivity index (χ1v) is 5.22. The minimum Gasteiger partial charge on any atom is -0.392 e. The van der Waals surface area contributed by atoms with Gasteiger partial charge in [0.1, 0.15) is 0 Å². The van der Waals surface area contributed by atoms with Gasteiger partial charge < -0.3 is 15.7 Å². The van der Waals surface area contributed by atoms with E-state index in [1.54, 1.807) is 0 Å². The minimum atomic E-state index is -0.146. The maximum Gasteiger partial charge on any atom is 0.0698 e. The van der Waals surface area contributed by atoms with Crippen molar-refractivity contribution in [3.8, 4) is 0 Å². The number of rotatable bonds is 1. The molecule has 2 saturated heterocycles. The first-order chi connectivity index (χ1) is 6.13. The second-order valence-corrected chi connectivity index (χ2v) is 4.98. The van der Waals surface area contributed by atoms with Crippen molar-refractivity contribution in [1.82, 2.24) is 10.6 Å². The lowest BCUT2D eigenvalue weighted by molar-refractivity contribution is -0.112. The van der Waals surface area contributed by atoms with E-state index in [2.05, 4.69) is 24.5 Å². The lowest BCUT2D eigenvalue weighted by Gasteiger charge is -2.55. The molecule has 2 aliphatic heterocycles. The fourth-order valence-electron chi connectivity index (χ4n) is 2.89. The van der Waals surface area contributed by atoms with Crippen LogP contribution in [0.3, 0.4) is 0 Å². The zero-order valence-corrected chi connectivity index (χ0v) is 8.56. The van der Waals surface area contributed by atoms with Crippen molar-refractivity contribution in [2.75, 3.05) is 26.2 Å². The highest BCUT2D eigenvalue weighted by Gasteiger charge is 2.52. The highest BCUT2D eigenvalue weighted by atomic mass is 16.3. The van der Waals surface area contributed by atoms with Crippen molar-refractivity contribution in [2.24, 2.45) is 10.8 Å². The molecule has 2 rings (SSSR count). The summed E-state index contributed by atoms with van der Waals surface area (Å²) in [6.07, 6.45) is 0.900. The van der Waals surface area contributed by atoms with Crippen molar-refractivity contribution >= 4 is 0 Å². The van der Waals surface area contributed by atoms with E-state index in [0.29, 0.717) is 0 Å². The first-order valence-electron chi connectivity index (χ1n) is 5.22. The van der Waals surface area contributed by atoms with E-state index in [1.807, 2.05) is 0 Å². The van der Waals surface area contributed by atoms with Gasteiger partial charge in [-0.3, -0.25) is 0 Å². The number of aliphatic hydroxyl groups excluding tert-OH is 1. The second-order valence-electron chi connectivity index (χ2n) is 4.98. The Balaban J connectivity index is 2.27. The Kier molecular flexibility index (Phi) is 2.13. The number of hydrogen-bond donors (Lipinski definition) is 3. The molecule has 76 valence electrons. The zero-order chi connectivity index (χ0) is 9.53. The van der Waals surface area contributed by atoms with Gasteiger partial charge in [-0.1, -0.05) is 13.8 Å². The number of aliphatic hydroxyl groups is 1. The van der Waals surface area contributed by atoms with Gasteiger partial charge in [-0.15, -0.1) is 0 Å². The summed E-state index contributed by atoms with van der Waals surface area (Å²) in [5, 5.41) is 17.2. The normalized spacial score (nSPS) is 50.5. The number of fused-ring (bicyclic) bond motifs is 2. The first kappa shape index (κ1) is 9.44. The highest BCUT2D eigenvalue weighted by Crippen LogP contribution is 2.41. The van der Waals surface area contributed by atoms with Gasteiger partial charge in [-0.2, -0.15) is 0 Å². The Morgan fingerprint density at radius 2 is 1.77 bits per heavy atom. The van der Waals surface area contributed by atoms with Gasteiger partial charge in [0.25, 0.3) is 0 Å². The molecule has 0 aromatic rings. The Labute approximate surface area is 79.9 Å². The zero-order valence-electron chi connectivity index (χ0n) is 8.56. The summed E-state index contributed by atoms with van der Waals surface area (Å²) in [6, 6.07) is 0. The Bertz CT molecular complexity index is 195. The molecule has 0 spiro atoms. The predicted molar refractivity (Wildman–Crippen MR) is 52.6 cm³/mol. The molecular formula is C10H20N2O. The maximum atomic E-state index is 10.3. The lowest BCUT2D eigenvalue weighted by atomic mass is 9.62. The summed E-state index contributed by atoms with van der Waals surface area (Å²) in [5.41, 5.74) is 0.109. The molecule has 0 unspecified atom stereocenters. The van der Waals surface area contributed by atoms with Crippen LogP contribution in [-0.4, -0.2) is 37.4 Å². The van der Waals surface area contributed by atoms with Gasteiger partial charge in [-0.05, 0) is 6.42 Å². The van der Waals surface area contributed by atoms with Gasteiger partial charge in [0.05, 0.1) is 6.10 Å². The van der Waals surface area contributed by atoms with E-state index in [0.717, 1.165) is 32.6 Å². The van der Waals surface area contributed by atoms with Gasteiger partial charge in [0, 0.05) is 37.0 Å². The molecule has 3 heteroatoms. The Morgan fingerprint density at radius 3 is 2.15 bits per heavy atom. The third kappa shape index (κ3) is 1.22. The van der Waals surface area contributed by atoms with Crippen molar-refractivity contribution in [3.05, 3.63) is 0 Å². The fourth-order valence-corrected chi connectivity index (χ4v) is 2.89. The van der Waals surface area contributed by atoms with Crippen LogP contribution >= 0.6 is 0 Å². The molecule has 0 amide bonds. The molecule has 3 N–H and O–H groups in total. The molecule has 3 nitrogen and oxygen atoms in total. The smallest absolute Gasteiger partial charge is 0.0698 e. The predicted octanol–water partition coefficient (Wildman–Crippen LogP) is -0.0436. The van der Waals surface area contributed by atoms with E-state index in [-0.39, 0.29) is 16.9 Å².